The Morgan fingerprint density at radius 2 is 2.10 bits per heavy atom. The van der Waals surface area contributed by atoms with Crippen LogP contribution in [0.25, 0.3) is 10.9 Å². The van der Waals surface area contributed by atoms with Gasteiger partial charge in [-0.15, -0.1) is 11.8 Å². The Hall–Kier alpha value is -3.27. The van der Waals surface area contributed by atoms with Crippen LogP contribution in [0, 0.1) is 0 Å². The zero-order valence-electron chi connectivity index (χ0n) is 16.0. The van der Waals surface area contributed by atoms with Gasteiger partial charge in [0, 0.05) is 35.3 Å². The molecule has 10 heteroatoms. The SMILES string of the molecule is CC(=O)OCC1=C(C(=O)O)N2C(=O)[C@@H](NC(=O)Cc3c[nH]c4ccccc34)[C@H]2SC1. The second-order valence-electron chi connectivity index (χ2n) is 7.03. The van der Waals surface area contributed by atoms with E-state index in [0.717, 1.165) is 21.4 Å². The van der Waals surface area contributed by atoms with Crippen LogP contribution in [0.2, 0.25) is 0 Å². The fourth-order valence-corrected chi connectivity index (χ4v) is 4.99. The van der Waals surface area contributed by atoms with Gasteiger partial charge in [0.25, 0.3) is 5.91 Å². The van der Waals surface area contributed by atoms with Crippen molar-refractivity contribution in [3.8, 4) is 0 Å². The lowest BCUT2D eigenvalue weighted by molar-refractivity contribution is -0.151. The molecule has 2 atom stereocenters. The molecule has 4 rings (SSSR count). The number of nitrogens with one attached hydrogen (secondary N) is 2. The molecule has 0 bridgehead atoms. The van der Waals surface area contributed by atoms with Gasteiger partial charge in [0.15, 0.2) is 0 Å². The van der Waals surface area contributed by atoms with Gasteiger partial charge >= 0.3 is 11.9 Å². The number of carboxylic acid groups (broad SMARTS) is 1. The highest BCUT2D eigenvalue weighted by atomic mass is 32.2. The van der Waals surface area contributed by atoms with Crippen LogP contribution in [0.3, 0.4) is 0 Å². The number of aromatic nitrogens is 1. The van der Waals surface area contributed by atoms with Crippen molar-refractivity contribution in [2.24, 2.45) is 0 Å². The Balaban J connectivity index is 1.45. The maximum absolute atomic E-state index is 12.6. The van der Waals surface area contributed by atoms with Crippen molar-refractivity contribution in [2.75, 3.05) is 12.4 Å². The molecule has 1 saturated heterocycles. The van der Waals surface area contributed by atoms with E-state index in [0.29, 0.717) is 5.57 Å². The van der Waals surface area contributed by atoms with Crippen LogP contribution < -0.4 is 5.32 Å². The molecule has 2 aliphatic rings. The first-order valence-electron chi connectivity index (χ1n) is 9.24. The molecule has 1 aromatic heterocycles. The standard InChI is InChI=1S/C20H19N3O6S/c1-10(24)29-8-12-9-30-19-16(18(26)23(19)17(12)20(27)28)22-15(25)6-11-7-21-14-5-3-2-4-13(11)14/h2-5,7,16,19,21H,6,8-9H2,1H3,(H,22,25)(H,27,28)/t16-,19-/m1/s1. The van der Waals surface area contributed by atoms with Crippen LogP contribution >= 0.6 is 11.8 Å². The number of hydrogen-bond acceptors (Lipinski definition) is 6. The van der Waals surface area contributed by atoms with Crippen molar-refractivity contribution < 1.29 is 29.0 Å². The number of ether oxygens (including phenoxy) is 1. The van der Waals surface area contributed by atoms with Crippen LogP contribution in [0.15, 0.2) is 41.7 Å². The third-order valence-corrected chi connectivity index (χ3v) is 6.38. The number of nitrogens with zero attached hydrogens (tertiary/aromatic N) is 1. The van der Waals surface area contributed by atoms with E-state index >= 15 is 0 Å². The van der Waals surface area contributed by atoms with E-state index < -0.39 is 29.3 Å². The molecule has 9 nitrogen and oxygen atoms in total. The minimum absolute atomic E-state index is 0.102. The summed E-state index contributed by atoms with van der Waals surface area (Å²) in [5.74, 6) is -2.31. The first kappa shape index (κ1) is 20.0. The second kappa shape index (κ2) is 7.86. The normalized spacial score (nSPS) is 20.6. The summed E-state index contributed by atoms with van der Waals surface area (Å²) in [7, 11) is 0. The van der Waals surface area contributed by atoms with Gasteiger partial charge < -0.3 is 20.1 Å². The van der Waals surface area contributed by atoms with E-state index in [2.05, 4.69) is 10.3 Å². The zero-order valence-corrected chi connectivity index (χ0v) is 16.8. The Kier molecular flexibility index (Phi) is 5.25. The molecule has 0 spiro atoms. The highest BCUT2D eigenvalue weighted by Crippen LogP contribution is 2.40. The number of benzene rings is 1. The summed E-state index contributed by atoms with van der Waals surface area (Å²) in [6.07, 6.45) is 1.87. The molecule has 2 aliphatic heterocycles. The van der Waals surface area contributed by atoms with Gasteiger partial charge in [-0.1, -0.05) is 18.2 Å². The van der Waals surface area contributed by atoms with E-state index in [9.17, 15) is 24.3 Å². The van der Waals surface area contributed by atoms with Crippen LogP contribution in [-0.4, -0.2) is 62.5 Å². The van der Waals surface area contributed by atoms with Crippen molar-refractivity contribution in [1.82, 2.24) is 15.2 Å². The number of thioether (sulfide) groups is 1. The number of carboxylic acids is 1. The fourth-order valence-electron chi connectivity index (χ4n) is 3.66. The molecular formula is C20H19N3O6S. The smallest absolute Gasteiger partial charge is 0.352 e. The Labute approximate surface area is 175 Å². The van der Waals surface area contributed by atoms with Crippen LogP contribution in [-0.2, 0) is 30.3 Å². The number of fused-ring (bicyclic) bond motifs is 2. The van der Waals surface area contributed by atoms with E-state index in [-0.39, 0.29) is 30.4 Å². The van der Waals surface area contributed by atoms with E-state index in [1.165, 1.54) is 18.7 Å². The van der Waals surface area contributed by atoms with E-state index in [1.54, 1.807) is 6.20 Å². The zero-order chi connectivity index (χ0) is 21.4. The van der Waals surface area contributed by atoms with Crippen molar-refractivity contribution in [2.45, 2.75) is 24.8 Å². The van der Waals surface area contributed by atoms with Gasteiger partial charge in [-0.25, -0.2) is 4.79 Å². The number of β-lactam (4-membered cyclic amide) rings is 1. The minimum atomic E-state index is -1.26. The quantitative estimate of drug-likeness (QED) is 0.462. The molecule has 0 aliphatic carbocycles. The molecule has 0 radical (unpaired) electrons. The summed E-state index contributed by atoms with van der Waals surface area (Å²) in [4.78, 5) is 52.2. The van der Waals surface area contributed by atoms with Crippen molar-refractivity contribution in [3.05, 3.63) is 47.3 Å². The Morgan fingerprint density at radius 1 is 1.33 bits per heavy atom. The topological polar surface area (TPSA) is 129 Å². The lowest BCUT2D eigenvalue weighted by Gasteiger charge is -2.49. The monoisotopic (exact) mass is 429 g/mol. The number of carbonyl (C=O) groups is 4. The fraction of sp³-hybridized carbons (Fsp3) is 0.300. The largest absolute Gasteiger partial charge is 0.477 e. The second-order valence-corrected chi connectivity index (χ2v) is 8.13. The van der Waals surface area contributed by atoms with Gasteiger partial charge in [0.05, 0.1) is 6.42 Å². The van der Waals surface area contributed by atoms with Crippen LogP contribution in [0.5, 0.6) is 0 Å². The van der Waals surface area contributed by atoms with Gasteiger partial charge in [-0.3, -0.25) is 19.3 Å². The summed E-state index contributed by atoms with van der Waals surface area (Å²) < 4.78 is 4.91. The molecule has 30 heavy (non-hydrogen) atoms. The highest BCUT2D eigenvalue weighted by molar-refractivity contribution is 8.00. The maximum Gasteiger partial charge on any atom is 0.352 e. The Bertz CT molecular complexity index is 1090. The number of rotatable bonds is 6. The third-order valence-electron chi connectivity index (χ3n) is 5.04. The molecular weight excluding hydrogens is 410 g/mol. The summed E-state index contributed by atoms with van der Waals surface area (Å²) in [6.45, 7) is 1.05. The summed E-state index contributed by atoms with van der Waals surface area (Å²) in [5, 5.41) is 12.7. The molecule has 2 aromatic rings. The lowest BCUT2D eigenvalue weighted by atomic mass is 10.0. The van der Waals surface area contributed by atoms with E-state index in [1.807, 2.05) is 24.3 Å². The maximum atomic E-state index is 12.6. The summed E-state index contributed by atoms with van der Waals surface area (Å²) in [5.41, 5.74) is 1.92. The number of carbonyl (C=O) groups excluding carboxylic acids is 3. The Morgan fingerprint density at radius 3 is 2.83 bits per heavy atom. The average molecular weight is 429 g/mol. The first-order valence-corrected chi connectivity index (χ1v) is 10.3. The molecule has 3 N–H and O–H groups in total. The number of aromatic amines is 1. The predicted octanol–water partition coefficient (Wildman–Crippen LogP) is 1.01. The lowest BCUT2D eigenvalue weighted by Crippen LogP contribution is -2.70. The number of hydrogen-bond donors (Lipinski definition) is 3. The number of para-hydroxylation sites is 1. The molecule has 0 unspecified atom stereocenters. The highest BCUT2D eigenvalue weighted by Gasteiger charge is 2.54. The minimum Gasteiger partial charge on any atom is -0.477 e. The van der Waals surface area contributed by atoms with Gasteiger partial charge in [-0.2, -0.15) is 0 Å². The number of H-pyrrole nitrogens is 1. The first-order chi connectivity index (χ1) is 14.4. The molecule has 0 saturated carbocycles. The predicted molar refractivity (Wildman–Crippen MR) is 108 cm³/mol. The average Bonchev–Trinajstić information content (AvgIpc) is 3.12. The number of esters is 1. The van der Waals surface area contributed by atoms with Gasteiger partial charge in [0.2, 0.25) is 5.91 Å². The third kappa shape index (κ3) is 3.54. The number of aliphatic carboxylic acids is 1. The molecule has 2 amide bonds. The molecule has 156 valence electrons. The van der Waals surface area contributed by atoms with Crippen molar-refractivity contribution >= 4 is 46.4 Å². The van der Waals surface area contributed by atoms with E-state index in [4.69, 9.17) is 4.74 Å². The molecule has 1 fully saturated rings. The van der Waals surface area contributed by atoms with Gasteiger partial charge in [0.1, 0.15) is 23.7 Å². The number of amides is 2. The van der Waals surface area contributed by atoms with Crippen LogP contribution in [0.1, 0.15) is 12.5 Å². The van der Waals surface area contributed by atoms with Crippen molar-refractivity contribution in [3.63, 3.8) is 0 Å². The summed E-state index contributed by atoms with van der Waals surface area (Å²) in [6, 6.07) is 6.81. The molecule has 1 aromatic carbocycles. The van der Waals surface area contributed by atoms with Crippen LogP contribution in [0.4, 0.5) is 0 Å². The molecule has 3 heterocycles. The van der Waals surface area contributed by atoms with Gasteiger partial charge in [-0.05, 0) is 11.6 Å². The van der Waals surface area contributed by atoms with Crippen molar-refractivity contribution in [1.29, 1.82) is 0 Å². The summed E-state index contributed by atoms with van der Waals surface area (Å²) >= 11 is 1.33.